The highest BCUT2D eigenvalue weighted by molar-refractivity contribution is 5.81. The summed E-state index contributed by atoms with van der Waals surface area (Å²) in [4.78, 5) is 0. The summed E-state index contributed by atoms with van der Waals surface area (Å²) in [6.45, 7) is 3.90. The summed E-state index contributed by atoms with van der Waals surface area (Å²) in [7, 11) is 4.73. The molecule has 21 heavy (non-hydrogen) atoms. The van der Waals surface area contributed by atoms with Crippen LogP contribution in [0.15, 0.2) is 24.3 Å². The molecule has 0 aliphatic carbocycles. The zero-order chi connectivity index (χ0) is 15.6. The lowest BCUT2D eigenvalue weighted by molar-refractivity contribution is 0.355. The zero-order valence-corrected chi connectivity index (χ0v) is 13.0. The van der Waals surface area contributed by atoms with E-state index in [0.29, 0.717) is 17.2 Å². The van der Waals surface area contributed by atoms with Crippen LogP contribution < -0.4 is 14.2 Å². The van der Waals surface area contributed by atoms with Gasteiger partial charge in [0.15, 0.2) is 23.0 Å². The summed E-state index contributed by atoms with van der Waals surface area (Å²) in [5, 5.41) is 10.1. The second-order valence-electron chi connectivity index (χ2n) is 4.91. The maximum atomic E-state index is 10.1. The molecule has 2 aromatic rings. The molecule has 0 fully saturated rings. The third-order valence-corrected chi connectivity index (χ3v) is 3.33. The molecule has 0 saturated carbocycles. The van der Waals surface area contributed by atoms with Gasteiger partial charge >= 0.3 is 0 Å². The van der Waals surface area contributed by atoms with Crippen LogP contribution in [-0.4, -0.2) is 26.4 Å². The van der Waals surface area contributed by atoms with E-state index in [0.717, 1.165) is 22.3 Å². The third-order valence-electron chi connectivity index (χ3n) is 3.33. The fraction of sp³-hybridized carbons (Fsp3) is 0.294. The summed E-state index contributed by atoms with van der Waals surface area (Å²) in [5.74, 6) is 1.79. The lowest BCUT2D eigenvalue weighted by Crippen LogP contribution is -1.97. The Morgan fingerprint density at radius 2 is 1.24 bits per heavy atom. The lowest BCUT2D eigenvalue weighted by Gasteiger charge is -2.17. The van der Waals surface area contributed by atoms with Gasteiger partial charge in [0.25, 0.3) is 0 Å². The Hall–Kier alpha value is -2.36. The van der Waals surface area contributed by atoms with Crippen molar-refractivity contribution in [2.75, 3.05) is 21.3 Å². The highest BCUT2D eigenvalue weighted by Gasteiger charge is 2.19. The molecule has 2 aromatic carbocycles. The molecule has 0 amide bonds. The molecule has 0 unspecified atom stereocenters. The molecule has 4 nitrogen and oxygen atoms in total. The molecule has 0 radical (unpaired) electrons. The van der Waals surface area contributed by atoms with Crippen molar-refractivity contribution in [2.45, 2.75) is 13.8 Å². The first-order valence-corrected chi connectivity index (χ1v) is 6.62. The van der Waals surface area contributed by atoms with Gasteiger partial charge in [-0.1, -0.05) is 0 Å². The van der Waals surface area contributed by atoms with E-state index in [1.807, 2.05) is 32.0 Å². The van der Waals surface area contributed by atoms with Crippen LogP contribution >= 0.6 is 0 Å². The van der Waals surface area contributed by atoms with Crippen LogP contribution in [0.2, 0.25) is 0 Å². The number of rotatable bonds is 4. The molecule has 0 aliphatic rings. The van der Waals surface area contributed by atoms with Crippen LogP contribution in [0, 0.1) is 13.8 Å². The Labute approximate surface area is 124 Å². The van der Waals surface area contributed by atoms with Crippen molar-refractivity contribution in [1.82, 2.24) is 0 Å². The number of aromatic hydroxyl groups is 1. The first kappa shape index (κ1) is 15.0. The SMILES string of the molecule is COc1cc(C)cc(-c2cc(C)cc(O)c2OC)c1OC. The van der Waals surface area contributed by atoms with Crippen molar-refractivity contribution in [3.05, 3.63) is 35.4 Å². The van der Waals surface area contributed by atoms with E-state index in [2.05, 4.69) is 0 Å². The second kappa shape index (κ2) is 5.95. The lowest BCUT2D eigenvalue weighted by atomic mass is 9.98. The molecule has 1 N–H and O–H groups in total. The topological polar surface area (TPSA) is 47.9 Å². The third kappa shape index (κ3) is 2.75. The van der Waals surface area contributed by atoms with E-state index < -0.39 is 0 Å². The first-order chi connectivity index (χ1) is 10.0. The Balaban J connectivity index is 2.80. The second-order valence-corrected chi connectivity index (χ2v) is 4.91. The highest BCUT2D eigenvalue weighted by atomic mass is 16.5. The number of phenolic OH excluding ortho intramolecular Hbond substituents is 1. The monoisotopic (exact) mass is 288 g/mol. The smallest absolute Gasteiger partial charge is 0.168 e. The Bertz CT molecular complexity index is 662. The summed E-state index contributed by atoms with van der Waals surface area (Å²) >= 11 is 0. The average molecular weight is 288 g/mol. The largest absolute Gasteiger partial charge is 0.504 e. The van der Waals surface area contributed by atoms with Gasteiger partial charge in [0.05, 0.1) is 21.3 Å². The maximum absolute atomic E-state index is 10.1. The van der Waals surface area contributed by atoms with Crippen molar-refractivity contribution in [3.8, 4) is 34.1 Å². The Kier molecular flexibility index (Phi) is 4.26. The van der Waals surface area contributed by atoms with Gasteiger partial charge in [0.2, 0.25) is 0 Å². The van der Waals surface area contributed by atoms with Crippen LogP contribution in [0.5, 0.6) is 23.0 Å². The molecule has 0 bridgehead atoms. The number of benzene rings is 2. The maximum Gasteiger partial charge on any atom is 0.168 e. The molecule has 0 aliphatic heterocycles. The Morgan fingerprint density at radius 3 is 1.76 bits per heavy atom. The number of ether oxygens (including phenoxy) is 3. The zero-order valence-electron chi connectivity index (χ0n) is 13.0. The van der Waals surface area contributed by atoms with Crippen molar-refractivity contribution in [3.63, 3.8) is 0 Å². The van der Waals surface area contributed by atoms with E-state index in [-0.39, 0.29) is 5.75 Å². The van der Waals surface area contributed by atoms with Gasteiger partial charge in [0.1, 0.15) is 0 Å². The number of hydrogen-bond donors (Lipinski definition) is 1. The fourth-order valence-electron chi connectivity index (χ4n) is 2.47. The molecule has 0 spiro atoms. The molecule has 0 aromatic heterocycles. The molecule has 2 rings (SSSR count). The summed E-state index contributed by atoms with van der Waals surface area (Å²) in [5.41, 5.74) is 3.57. The Morgan fingerprint density at radius 1 is 0.714 bits per heavy atom. The number of hydrogen-bond acceptors (Lipinski definition) is 4. The minimum atomic E-state index is 0.107. The molecule has 4 heteroatoms. The van der Waals surface area contributed by atoms with Crippen LogP contribution in [-0.2, 0) is 0 Å². The van der Waals surface area contributed by atoms with Gasteiger partial charge in [-0.05, 0) is 49.2 Å². The van der Waals surface area contributed by atoms with Crippen molar-refractivity contribution < 1.29 is 19.3 Å². The highest BCUT2D eigenvalue weighted by Crippen LogP contribution is 2.45. The van der Waals surface area contributed by atoms with Gasteiger partial charge in [0, 0.05) is 11.1 Å². The van der Waals surface area contributed by atoms with Crippen molar-refractivity contribution in [2.24, 2.45) is 0 Å². The number of aryl methyl sites for hydroxylation is 2. The van der Waals surface area contributed by atoms with E-state index in [9.17, 15) is 5.11 Å². The summed E-state index contributed by atoms with van der Waals surface area (Å²) in [6.07, 6.45) is 0. The van der Waals surface area contributed by atoms with Crippen LogP contribution in [0.4, 0.5) is 0 Å². The number of methoxy groups -OCH3 is 3. The van der Waals surface area contributed by atoms with Crippen LogP contribution in [0.25, 0.3) is 11.1 Å². The molecular weight excluding hydrogens is 268 g/mol. The standard InChI is InChI=1S/C17H20O4/c1-10-6-12(16(20-4)14(18)8-10)13-7-11(2)9-15(19-3)17(13)21-5/h6-9,18H,1-5H3. The van der Waals surface area contributed by atoms with E-state index in [1.54, 1.807) is 20.3 Å². The van der Waals surface area contributed by atoms with E-state index in [4.69, 9.17) is 14.2 Å². The van der Waals surface area contributed by atoms with Gasteiger partial charge in [-0.25, -0.2) is 0 Å². The minimum absolute atomic E-state index is 0.107. The molecule has 0 saturated heterocycles. The normalized spacial score (nSPS) is 10.3. The fourth-order valence-corrected chi connectivity index (χ4v) is 2.47. The average Bonchev–Trinajstić information content (AvgIpc) is 2.45. The van der Waals surface area contributed by atoms with Gasteiger partial charge < -0.3 is 19.3 Å². The minimum Gasteiger partial charge on any atom is -0.504 e. The number of phenols is 1. The van der Waals surface area contributed by atoms with Gasteiger partial charge in [-0.3, -0.25) is 0 Å². The van der Waals surface area contributed by atoms with E-state index >= 15 is 0 Å². The predicted molar refractivity (Wildman–Crippen MR) is 82.7 cm³/mol. The van der Waals surface area contributed by atoms with Crippen LogP contribution in [0.3, 0.4) is 0 Å². The quantitative estimate of drug-likeness (QED) is 0.932. The molecule has 0 heterocycles. The van der Waals surface area contributed by atoms with Gasteiger partial charge in [-0.15, -0.1) is 0 Å². The van der Waals surface area contributed by atoms with Crippen molar-refractivity contribution in [1.29, 1.82) is 0 Å². The molecule has 0 atom stereocenters. The molecule has 112 valence electrons. The van der Waals surface area contributed by atoms with Crippen LogP contribution in [0.1, 0.15) is 11.1 Å². The van der Waals surface area contributed by atoms with Gasteiger partial charge in [-0.2, -0.15) is 0 Å². The summed E-state index contributed by atoms with van der Waals surface area (Å²) < 4.78 is 16.2. The van der Waals surface area contributed by atoms with Crippen molar-refractivity contribution >= 4 is 0 Å². The predicted octanol–water partition coefficient (Wildman–Crippen LogP) is 3.70. The first-order valence-electron chi connectivity index (χ1n) is 6.62. The van der Waals surface area contributed by atoms with E-state index in [1.165, 1.54) is 7.11 Å². The molecular formula is C17H20O4. The summed E-state index contributed by atoms with van der Waals surface area (Å²) in [6, 6.07) is 7.51.